The van der Waals surface area contributed by atoms with Gasteiger partial charge in [-0.3, -0.25) is 4.57 Å². The van der Waals surface area contributed by atoms with Gasteiger partial charge in [0.2, 0.25) is 0 Å². The van der Waals surface area contributed by atoms with Crippen LogP contribution in [0.25, 0.3) is 0 Å². The van der Waals surface area contributed by atoms with Crippen molar-refractivity contribution in [3.05, 3.63) is 51.2 Å². The highest BCUT2D eigenvalue weighted by molar-refractivity contribution is 6.30. The molecular weight excluding hydrogens is 306 g/mol. The van der Waals surface area contributed by atoms with Gasteiger partial charge in [0.05, 0.1) is 6.04 Å². The van der Waals surface area contributed by atoms with Gasteiger partial charge in [-0.1, -0.05) is 23.7 Å². The zero-order chi connectivity index (χ0) is 15.9. The van der Waals surface area contributed by atoms with Gasteiger partial charge in [0.15, 0.2) is 0 Å². The van der Waals surface area contributed by atoms with E-state index in [1.165, 1.54) is 9.25 Å². The van der Waals surface area contributed by atoms with Crippen LogP contribution in [0.4, 0.5) is 0 Å². The summed E-state index contributed by atoms with van der Waals surface area (Å²) >= 11 is 5.88. The quantitative estimate of drug-likeness (QED) is 0.940. The van der Waals surface area contributed by atoms with Crippen molar-refractivity contribution in [2.45, 2.75) is 38.3 Å². The van der Waals surface area contributed by atoms with Crippen LogP contribution in [0.2, 0.25) is 5.02 Å². The summed E-state index contributed by atoms with van der Waals surface area (Å²) in [6.45, 7) is 1.86. The first kappa shape index (κ1) is 14.8. The molecule has 0 saturated carbocycles. The minimum Gasteiger partial charge on any atom is -0.480 e. The molecule has 2 heterocycles. The molecule has 116 valence electrons. The fourth-order valence-corrected chi connectivity index (χ4v) is 3.00. The van der Waals surface area contributed by atoms with Crippen LogP contribution in [-0.4, -0.2) is 25.4 Å². The number of carbonyl (C=O) groups is 1. The summed E-state index contributed by atoms with van der Waals surface area (Å²) in [5, 5.41) is 14.3. The maximum atomic E-state index is 12.6. The van der Waals surface area contributed by atoms with Gasteiger partial charge in [-0.15, -0.1) is 0 Å². The molecule has 0 fully saturated rings. The number of hydrogen-bond donors (Lipinski definition) is 1. The molecule has 1 N–H and O–H groups in total. The van der Waals surface area contributed by atoms with Crippen molar-refractivity contribution in [1.29, 1.82) is 0 Å². The summed E-state index contributed by atoms with van der Waals surface area (Å²) in [7, 11) is 0. The lowest BCUT2D eigenvalue weighted by Crippen LogP contribution is -2.35. The topological polar surface area (TPSA) is 77.1 Å². The average Bonchev–Trinajstić information content (AvgIpc) is 2.84. The molecule has 22 heavy (non-hydrogen) atoms. The number of carboxylic acid groups (broad SMARTS) is 1. The van der Waals surface area contributed by atoms with Gasteiger partial charge >= 0.3 is 11.7 Å². The van der Waals surface area contributed by atoms with Crippen LogP contribution >= 0.6 is 11.6 Å². The van der Waals surface area contributed by atoms with Gasteiger partial charge in [0.25, 0.3) is 0 Å². The predicted octanol–water partition coefficient (Wildman–Crippen LogP) is 2.27. The molecule has 2 atom stereocenters. The first-order valence-electron chi connectivity index (χ1n) is 7.17. The largest absolute Gasteiger partial charge is 0.480 e. The van der Waals surface area contributed by atoms with Gasteiger partial charge < -0.3 is 5.11 Å². The lowest BCUT2D eigenvalue weighted by Gasteiger charge is -2.19. The van der Waals surface area contributed by atoms with Crippen LogP contribution in [0, 0.1) is 0 Å². The molecule has 1 aromatic heterocycles. The third-order valence-corrected chi connectivity index (χ3v) is 4.35. The van der Waals surface area contributed by atoms with E-state index < -0.39 is 12.0 Å². The fraction of sp³-hybridized carbons (Fsp3) is 0.400. The van der Waals surface area contributed by atoms with E-state index in [0.717, 1.165) is 12.0 Å². The number of halogens is 1. The minimum atomic E-state index is -0.984. The fourth-order valence-electron chi connectivity index (χ4n) is 2.87. The molecule has 0 amide bonds. The summed E-state index contributed by atoms with van der Waals surface area (Å²) in [5.74, 6) is -0.439. The minimum absolute atomic E-state index is 0.280. The summed E-state index contributed by atoms with van der Waals surface area (Å²) in [4.78, 5) is 23.9. The highest BCUT2D eigenvalue weighted by Gasteiger charge is 2.31. The summed E-state index contributed by atoms with van der Waals surface area (Å²) in [6, 6.07) is 6.10. The normalized spacial score (nSPS) is 18.7. The van der Waals surface area contributed by atoms with E-state index >= 15 is 0 Å². The number of fused-ring (bicyclic) bond motifs is 1. The van der Waals surface area contributed by atoms with Crippen LogP contribution in [0.15, 0.2) is 29.1 Å². The molecule has 0 bridgehead atoms. The Balaban J connectivity index is 2.04. The van der Waals surface area contributed by atoms with Crippen molar-refractivity contribution >= 4 is 17.6 Å². The van der Waals surface area contributed by atoms with Gasteiger partial charge in [-0.25, -0.2) is 14.3 Å². The third-order valence-electron chi connectivity index (χ3n) is 4.10. The van der Waals surface area contributed by atoms with E-state index in [9.17, 15) is 14.7 Å². The summed E-state index contributed by atoms with van der Waals surface area (Å²) < 4.78 is 2.68. The second-order valence-corrected chi connectivity index (χ2v) is 5.92. The van der Waals surface area contributed by atoms with Crippen molar-refractivity contribution in [2.75, 3.05) is 0 Å². The molecule has 1 aliphatic heterocycles. The number of aryl methyl sites for hydroxylation is 1. The number of carboxylic acids is 1. The van der Waals surface area contributed by atoms with Crippen LogP contribution in [0.1, 0.15) is 43.2 Å². The standard InChI is InChI=1S/C15H16ClN3O3/c1-9(10-5-7-11(16)8-6-10)19-15(22)18-12(14(20)21)3-2-4-13(18)17-19/h5-9,12H,2-4H2,1H3,(H,20,21)/t9-,12-/m1/s1. The molecule has 0 radical (unpaired) electrons. The van der Waals surface area contributed by atoms with Crippen molar-refractivity contribution < 1.29 is 9.90 Å². The van der Waals surface area contributed by atoms with Crippen molar-refractivity contribution in [2.24, 2.45) is 0 Å². The van der Waals surface area contributed by atoms with Crippen molar-refractivity contribution in [3.8, 4) is 0 Å². The van der Waals surface area contributed by atoms with E-state index in [1.54, 1.807) is 12.1 Å². The molecule has 1 aromatic carbocycles. The van der Waals surface area contributed by atoms with E-state index in [2.05, 4.69) is 5.10 Å². The first-order chi connectivity index (χ1) is 10.5. The molecule has 0 spiro atoms. The highest BCUT2D eigenvalue weighted by Crippen LogP contribution is 2.24. The van der Waals surface area contributed by atoms with Gasteiger partial charge in [-0.05, 0) is 37.5 Å². The molecule has 6 nitrogen and oxygen atoms in total. The second-order valence-electron chi connectivity index (χ2n) is 5.49. The number of benzene rings is 1. The Bertz CT molecular complexity index is 763. The van der Waals surface area contributed by atoms with E-state index in [1.807, 2.05) is 19.1 Å². The van der Waals surface area contributed by atoms with E-state index in [-0.39, 0.29) is 11.7 Å². The number of rotatable bonds is 3. The van der Waals surface area contributed by atoms with Gasteiger partial charge in [0, 0.05) is 11.4 Å². The molecule has 2 aromatic rings. The Labute approximate surface area is 131 Å². The Morgan fingerprint density at radius 3 is 2.73 bits per heavy atom. The third kappa shape index (κ3) is 2.43. The Hall–Kier alpha value is -2.08. The van der Waals surface area contributed by atoms with Crippen LogP contribution in [0.5, 0.6) is 0 Å². The number of nitrogens with zero attached hydrogens (tertiary/aromatic N) is 3. The number of aliphatic carboxylic acids is 1. The second kappa shape index (κ2) is 5.61. The average molecular weight is 322 g/mol. The van der Waals surface area contributed by atoms with Crippen LogP contribution in [0.3, 0.4) is 0 Å². The summed E-state index contributed by atoms with van der Waals surface area (Å²) in [6.07, 6.45) is 1.81. The Kier molecular flexibility index (Phi) is 3.78. The van der Waals surface area contributed by atoms with Crippen LogP contribution in [-0.2, 0) is 11.2 Å². The van der Waals surface area contributed by atoms with Crippen LogP contribution < -0.4 is 5.69 Å². The number of hydrogen-bond acceptors (Lipinski definition) is 3. The smallest absolute Gasteiger partial charge is 0.347 e. The van der Waals surface area contributed by atoms with Crippen molar-refractivity contribution in [1.82, 2.24) is 14.3 Å². The van der Waals surface area contributed by atoms with E-state index in [0.29, 0.717) is 23.7 Å². The summed E-state index contributed by atoms with van der Waals surface area (Å²) in [5.41, 5.74) is 0.526. The Morgan fingerprint density at radius 1 is 1.41 bits per heavy atom. The molecule has 0 unspecified atom stereocenters. The van der Waals surface area contributed by atoms with Crippen molar-refractivity contribution in [3.63, 3.8) is 0 Å². The zero-order valence-electron chi connectivity index (χ0n) is 12.1. The monoisotopic (exact) mass is 321 g/mol. The van der Waals surface area contributed by atoms with Gasteiger partial charge in [-0.2, -0.15) is 5.10 Å². The maximum absolute atomic E-state index is 12.6. The lowest BCUT2D eigenvalue weighted by atomic mass is 10.1. The number of aromatic nitrogens is 3. The molecule has 0 saturated heterocycles. The lowest BCUT2D eigenvalue weighted by molar-refractivity contribution is -0.141. The predicted molar refractivity (Wildman–Crippen MR) is 81.4 cm³/mol. The Morgan fingerprint density at radius 2 is 2.09 bits per heavy atom. The first-order valence-corrected chi connectivity index (χ1v) is 7.55. The zero-order valence-corrected chi connectivity index (χ0v) is 12.8. The highest BCUT2D eigenvalue weighted by atomic mass is 35.5. The molecule has 3 rings (SSSR count). The molecule has 0 aliphatic carbocycles. The SMILES string of the molecule is C[C@H](c1ccc(Cl)cc1)n1nc2n(c1=O)[C@@H](C(=O)O)CCC2. The molecule has 7 heteroatoms. The molecule has 1 aliphatic rings. The van der Waals surface area contributed by atoms with Gasteiger partial charge in [0.1, 0.15) is 11.9 Å². The molecular formula is C15H16ClN3O3. The maximum Gasteiger partial charge on any atom is 0.347 e. The van der Waals surface area contributed by atoms with E-state index in [4.69, 9.17) is 11.6 Å².